The van der Waals surface area contributed by atoms with Crippen molar-refractivity contribution < 1.29 is 4.74 Å². The summed E-state index contributed by atoms with van der Waals surface area (Å²) in [6.07, 6.45) is 9.66. The van der Waals surface area contributed by atoms with Gasteiger partial charge in [-0.15, -0.1) is 22.7 Å². The van der Waals surface area contributed by atoms with Gasteiger partial charge in [0.15, 0.2) is 0 Å². The maximum atomic E-state index is 6.31. The molecule has 2 atom stereocenters. The molecule has 228 valence electrons. The van der Waals surface area contributed by atoms with Gasteiger partial charge in [-0.05, 0) is 101 Å². The van der Waals surface area contributed by atoms with Gasteiger partial charge in [0.2, 0.25) is 0 Å². The molecule has 0 N–H and O–H groups in total. The minimum absolute atomic E-state index is 0.302. The van der Waals surface area contributed by atoms with Crippen LogP contribution in [0.25, 0.3) is 62.6 Å². The van der Waals surface area contributed by atoms with E-state index in [0.717, 1.165) is 30.8 Å². The van der Waals surface area contributed by atoms with Crippen molar-refractivity contribution in [1.82, 2.24) is 0 Å². The predicted octanol–water partition coefficient (Wildman–Crippen LogP) is 13.2. The van der Waals surface area contributed by atoms with E-state index in [-0.39, 0.29) is 0 Å². The third-order valence-electron chi connectivity index (χ3n) is 10.9. The highest BCUT2D eigenvalue weighted by atomic mass is 32.1. The summed E-state index contributed by atoms with van der Waals surface area (Å²) >= 11 is 3.88. The van der Waals surface area contributed by atoms with Gasteiger partial charge in [0.25, 0.3) is 0 Å². The summed E-state index contributed by atoms with van der Waals surface area (Å²) < 4.78 is 11.9. The molecule has 0 amide bonds. The molecule has 11 rings (SSSR count). The number of aryl methyl sites for hydroxylation is 1. The SMILES string of the molecule is C1=CCC2C(=C1)Oc1cccc(-c3ccc4sc5c(C6CCc7cc8sc9ccccc9c8cc7-c7ccccc76)cccc5c4c3)c12. The van der Waals surface area contributed by atoms with Crippen LogP contribution in [0.3, 0.4) is 0 Å². The van der Waals surface area contributed by atoms with Crippen molar-refractivity contribution in [3.05, 3.63) is 162 Å². The lowest BCUT2D eigenvalue weighted by molar-refractivity contribution is 0.425. The zero-order valence-corrected chi connectivity index (χ0v) is 27.8. The third kappa shape index (κ3) is 3.89. The molecule has 1 nitrogen and oxygen atoms in total. The summed E-state index contributed by atoms with van der Waals surface area (Å²) in [6, 6.07) is 43.7. The standard InChI is InChI=1S/C45H30OS2/c1-2-10-30-29(9-1)31(21-19-27-24-43-38(25-36(27)30)32-11-4-6-18-41(32)47-43)33-14-7-15-34-37-23-26(20-22-42(37)48-45(33)34)28-13-8-17-40-44(28)35-12-3-5-16-39(35)46-40/h1-11,13-18,20,22-25,31,35H,12,19,21H2. The van der Waals surface area contributed by atoms with Crippen molar-refractivity contribution in [2.24, 2.45) is 0 Å². The molecule has 0 saturated heterocycles. The number of thiophene rings is 2. The highest BCUT2D eigenvalue weighted by Gasteiger charge is 2.33. The van der Waals surface area contributed by atoms with E-state index in [9.17, 15) is 0 Å². The van der Waals surface area contributed by atoms with Gasteiger partial charge in [0.05, 0.1) is 0 Å². The maximum Gasteiger partial charge on any atom is 0.131 e. The summed E-state index contributed by atoms with van der Waals surface area (Å²) in [6.45, 7) is 0. The molecule has 1 aliphatic heterocycles. The molecule has 2 aromatic heterocycles. The Kier molecular flexibility index (Phi) is 5.78. The molecule has 48 heavy (non-hydrogen) atoms. The van der Waals surface area contributed by atoms with Gasteiger partial charge in [-0.25, -0.2) is 0 Å². The predicted molar refractivity (Wildman–Crippen MR) is 205 cm³/mol. The molecule has 0 saturated carbocycles. The quantitative estimate of drug-likeness (QED) is 0.181. The van der Waals surface area contributed by atoms with E-state index < -0.39 is 0 Å². The Morgan fingerprint density at radius 2 is 1.40 bits per heavy atom. The normalized spacial score (nSPS) is 18.0. The van der Waals surface area contributed by atoms with E-state index in [4.69, 9.17) is 4.74 Å². The lowest BCUT2D eigenvalue weighted by Crippen LogP contribution is -2.02. The topological polar surface area (TPSA) is 9.23 Å². The second-order valence-electron chi connectivity index (χ2n) is 13.4. The Morgan fingerprint density at radius 3 is 2.40 bits per heavy atom. The smallest absolute Gasteiger partial charge is 0.131 e. The Balaban J connectivity index is 1.05. The largest absolute Gasteiger partial charge is 0.461 e. The summed E-state index contributed by atoms with van der Waals surface area (Å²) in [4.78, 5) is 0. The Labute approximate surface area is 287 Å². The highest BCUT2D eigenvalue weighted by Crippen LogP contribution is 2.51. The van der Waals surface area contributed by atoms with Crippen LogP contribution in [-0.4, -0.2) is 0 Å². The first kappa shape index (κ1) is 27.0. The summed E-state index contributed by atoms with van der Waals surface area (Å²) in [7, 11) is 0. The van der Waals surface area contributed by atoms with Gasteiger partial charge in [0.1, 0.15) is 11.5 Å². The van der Waals surface area contributed by atoms with Gasteiger partial charge in [-0.3, -0.25) is 0 Å². The molecule has 2 aliphatic carbocycles. The molecule has 3 heterocycles. The molecule has 8 aromatic rings. The zero-order chi connectivity index (χ0) is 31.3. The van der Waals surface area contributed by atoms with Crippen molar-refractivity contribution in [2.75, 3.05) is 0 Å². The summed E-state index contributed by atoms with van der Waals surface area (Å²) in [5, 5.41) is 5.47. The van der Waals surface area contributed by atoms with Crippen LogP contribution in [0.1, 0.15) is 46.9 Å². The number of rotatable bonds is 2. The molecule has 2 unspecified atom stereocenters. The van der Waals surface area contributed by atoms with Crippen LogP contribution in [-0.2, 0) is 6.42 Å². The lowest BCUT2D eigenvalue weighted by atomic mass is 9.85. The van der Waals surface area contributed by atoms with Gasteiger partial charge >= 0.3 is 0 Å². The van der Waals surface area contributed by atoms with E-state index in [1.165, 1.54) is 84.9 Å². The van der Waals surface area contributed by atoms with E-state index in [1.54, 1.807) is 0 Å². The molecular weight excluding hydrogens is 621 g/mol. The minimum atomic E-state index is 0.302. The van der Waals surface area contributed by atoms with Gasteiger partial charge in [0, 0.05) is 57.7 Å². The molecule has 0 fully saturated rings. The van der Waals surface area contributed by atoms with Crippen LogP contribution in [0.4, 0.5) is 0 Å². The van der Waals surface area contributed by atoms with Gasteiger partial charge in [-0.2, -0.15) is 0 Å². The summed E-state index contributed by atoms with van der Waals surface area (Å²) in [5.74, 6) is 2.71. The molecule has 0 bridgehead atoms. The van der Waals surface area contributed by atoms with Crippen LogP contribution < -0.4 is 4.74 Å². The fourth-order valence-electron chi connectivity index (χ4n) is 8.70. The van der Waals surface area contributed by atoms with E-state index >= 15 is 0 Å². The molecule has 3 heteroatoms. The van der Waals surface area contributed by atoms with Gasteiger partial charge < -0.3 is 4.74 Å². The number of hydrogen-bond acceptors (Lipinski definition) is 3. The number of hydrogen-bond donors (Lipinski definition) is 0. The Morgan fingerprint density at radius 1 is 0.583 bits per heavy atom. The number of ether oxygens (including phenoxy) is 1. The van der Waals surface area contributed by atoms with Crippen LogP contribution in [0.2, 0.25) is 0 Å². The summed E-state index contributed by atoms with van der Waals surface area (Å²) in [5.41, 5.74) is 11.1. The average molecular weight is 651 g/mol. The number of benzene rings is 6. The van der Waals surface area contributed by atoms with Crippen molar-refractivity contribution in [3.63, 3.8) is 0 Å². The van der Waals surface area contributed by atoms with Crippen LogP contribution in [0.15, 0.2) is 139 Å². The third-order valence-corrected chi connectivity index (χ3v) is 13.3. The van der Waals surface area contributed by atoms with E-state index in [0.29, 0.717) is 11.8 Å². The fourth-order valence-corrected chi connectivity index (χ4v) is 11.1. The van der Waals surface area contributed by atoms with Gasteiger partial charge in [-0.1, -0.05) is 91.0 Å². The molecule has 6 aromatic carbocycles. The first-order valence-electron chi connectivity index (χ1n) is 16.9. The van der Waals surface area contributed by atoms with Crippen molar-refractivity contribution in [1.29, 1.82) is 0 Å². The highest BCUT2D eigenvalue weighted by molar-refractivity contribution is 7.26. The number of allylic oxidation sites excluding steroid dienone is 4. The Hall–Kier alpha value is -4.96. The van der Waals surface area contributed by atoms with Crippen molar-refractivity contribution in [3.8, 4) is 28.0 Å². The molecule has 0 spiro atoms. The maximum absolute atomic E-state index is 6.31. The van der Waals surface area contributed by atoms with E-state index in [2.05, 4.69) is 133 Å². The van der Waals surface area contributed by atoms with Crippen LogP contribution >= 0.6 is 22.7 Å². The fraction of sp³-hybridized carbons (Fsp3) is 0.111. The molecular formula is C45H30OS2. The monoisotopic (exact) mass is 650 g/mol. The minimum Gasteiger partial charge on any atom is -0.461 e. The van der Waals surface area contributed by atoms with E-state index in [1.807, 2.05) is 22.7 Å². The van der Waals surface area contributed by atoms with Crippen molar-refractivity contribution in [2.45, 2.75) is 31.1 Å². The second-order valence-corrected chi connectivity index (χ2v) is 15.6. The zero-order valence-electron chi connectivity index (χ0n) is 26.2. The first-order chi connectivity index (χ1) is 23.8. The van der Waals surface area contributed by atoms with Crippen LogP contribution in [0.5, 0.6) is 5.75 Å². The molecule has 3 aliphatic rings. The lowest BCUT2D eigenvalue weighted by Gasteiger charge is -2.19. The molecule has 0 radical (unpaired) electrons. The number of fused-ring (bicyclic) bond motifs is 12. The van der Waals surface area contributed by atoms with Crippen molar-refractivity contribution >= 4 is 63.0 Å². The second kappa shape index (κ2) is 10.3. The first-order valence-corrected chi connectivity index (χ1v) is 18.6. The Bertz CT molecular complexity index is 2700. The van der Waals surface area contributed by atoms with Crippen LogP contribution in [0, 0.1) is 0 Å². The average Bonchev–Trinajstić information content (AvgIpc) is 3.79.